The van der Waals surface area contributed by atoms with Gasteiger partial charge in [0, 0.05) is 0 Å². The van der Waals surface area contributed by atoms with E-state index in [4.69, 9.17) is 5.11 Å². The van der Waals surface area contributed by atoms with Crippen molar-refractivity contribution in [3.8, 4) is 0 Å². The SMILES string of the molecule is CC1CC(n2cncc2C(=O)O)c2ccccc21. The molecule has 1 N–H and O–H groups in total. The predicted octanol–water partition coefficient (Wildman–Crippen LogP) is 2.68. The molecule has 4 nitrogen and oxygen atoms in total. The smallest absolute Gasteiger partial charge is 0.354 e. The lowest BCUT2D eigenvalue weighted by Crippen LogP contribution is -2.13. The number of imidazole rings is 1. The van der Waals surface area contributed by atoms with Crippen LogP contribution in [0.2, 0.25) is 0 Å². The highest BCUT2D eigenvalue weighted by Gasteiger charge is 2.30. The molecule has 1 aromatic carbocycles. The molecule has 1 aliphatic carbocycles. The van der Waals surface area contributed by atoms with Gasteiger partial charge in [-0.25, -0.2) is 9.78 Å². The summed E-state index contributed by atoms with van der Waals surface area (Å²) >= 11 is 0. The van der Waals surface area contributed by atoms with Crippen molar-refractivity contribution in [2.75, 3.05) is 0 Å². The zero-order valence-electron chi connectivity index (χ0n) is 10.1. The molecule has 4 heteroatoms. The van der Waals surface area contributed by atoms with Gasteiger partial charge in [-0.15, -0.1) is 0 Å². The van der Waals surface area contributed by atoms with Crippen molar-refractivity contribution in [1.29, 1.82) is 0 Å². The van der Waals surface area contributed by atoms with Gasteiger partial charge in [0.2, 0.25) is 0 Å². The number of carbonyl (C=O) groups is 1. The summed E-state index contributed by atoms with van der Waals surface area (Å²) in [5.74, 6) is -0.472. The number of aromatic nitrogens is 2. The van der Waals surface area contributed by atoms with E-state index in [1.807, 2.05) is 12.1 Å². The van der Waals surface area contributed by atoms with Gasteiger partial charge in [0.15, 0.2) is 0 Å². The van der Waals surface area contributed by atoms with Crippen molar-refractivity contribution in [2.24, 2.45) is 0 Å². The van der Waals surface area contributed by atoms with Crippen molar-refractivity contribution in [2.45, 2.75) is 25.3 Å². The van der Waals surface area contributed by atoms with Gasteiger partial charge in [-0.1, -0.05) is 31.2 Å². The first-order chi connectivity index (χ1) is 8.68. The summed E-state index contributed by atoms with van der Waals surface area (Å²) < 4.78 is 1.77. The zero-order chi connectivity index (χ0) is 12.7. The van der Waals surface area contributed by atoms with E-state index in [1.54, 1.807) is 10.9 Å². The van der Waals surface area contributed by atoms with E-state index in [0.29, 0.717) is 5.92 Å². The molecule has 0 radical (unpaired) electrons. The van der Waals surface area contributed by atoms with E-state index in [1.165, 1.54) is 17.3 Å². The first-order valence-electron chi connectivity index (χ1n) is 6.02. The minimum Gasteiger partial charge on any atom is -0.477 e. The van der Waals surface area contributed by atoms with Gasteiger partial charge >= 0.3 is 5.97 Å². The zero-order valence-corrected chi connectivity index (χ0v) is 10.1. The maximum atomic E-state index is 11.2. The molecule has 0 amide bonds. The molecular formula is C14H14N2O2. The van der Waals surface area contributed by atoms with Gasteiger partial charge in [0.05, 0.1) is 18.6 Å². The van der Waals surface area contributed by atoms with Crippen LogP contribution in [0.1, 0.15) is 46.9 Å². The molecule has 18 heavy (non-hydrogen) atoms. The number of carboxylic acids is 1. The van der Waals surface area contributed by atoms with E-state index in [-0.39, 0.29) is 11.7 Å². The molecule has 1 heterocycles. The van der Waals surface area contributed by atoms with Crippen LogP contribution in [0.25, 0.3) is 0 Å². The number of hydrogen-bond acceptors (Lipinski definition) is 2. The Hall–Kier alpha value is -2.10. The van der Waals surface area contributed by atoms with E-state index < -0.39 is 5.97 Å². The third-order valence-electron chi connectivity index (χ3n) is 3.68. The Morgan fingerprint density at radius 2 is 2.11 bits per heavy atom. The van der Waals surface area contributed by atoms with Crippen LogP contribution in [0, 0.1) is 0 Å². The first kappa shape index (κ1) is 11.0. The lowest BCUT2D eigenvalue weighted by Gasteiger charge is -2.15. The molecular weight excluding hydrogens is 228 g/mol. The second-order valence-corrected chi connectivity index (χ2v) is 4.77. The van der Waals surface area contributed by atoms with Crippen LogP contribution in [0.5, 0.6) is 0 Å². The molecule has 3 rings (SSSR count). The Kier molecular flexibility index (Phi) is 2.44. The number of fused-ring (bicyclic) bond motifs is 1. The van der Waals surface area contributed by atoms with Crippen LogP contribution in [-0.4, -0.2) is 20.6 Å². The summed E-state index contributed by atoms with van der Waals surface area (Å²) in [7, 11) is 0. The number of carboxylic acid groups (broad SMARTS) is 1. The minimum atomic E-state index is -0.926. The van der Waals surface area contributed by atoms with E-state index in [2.05, 4.69) is 24.0 Å². The average Bonchev–Trinajstić information content (AvgIpc) is 2.95. The Bertz CT molecular complexity index is 603. The predicted molar refractivity (Wildman–Crippen MR) is 66.8 cm³/mol. The molecule has 0 fully saturated rings. The molecule has 1 aliphatic rings. The minimum absolute atomic E-state index is 0.0878. The van der Waals surface area contributed by atoms with Crippen molar-refractivity contribution in [3.63, 3.8) is 0 Å². The van der Waals surface area contributed by atoms with Crippen LogP contribution in [0.15, 0.2) is 36.8 Å². The standard InChI is InChI=1S/C14H14N2O2/c1-9-6-12(11-5-3-2-4-10(9)11)16-8-15-7-13(16)14(17)18/h2-5,7-9,12H,6H2,1H3,(H,17,18). The Labute approximate surface area is 105 Å². The van der Waals surface area contributed by atoms with Crippen LogP contribution >= 0.6 is 0 Å². The lowest BCUT2D eigenvalue weighted by molar-refractivity contribution is 0.0683. The van der Waals surface area contributed by atoms with Crippen LogP contribution < -0.4 is 0 Å². The monoisotopic (exact) mass is 242 g/mol. The summed E-state index contributed by atoms with van der Waals surface area (Å²) in [6, 6.07) is 8.32. The molecule has 0 saturated heterocycles. The summed E-state index contributed by atoms with van der Waals surface area (Å²) in [6.45, 7) is 2.18. The maximum absolute atomic E-state index is 11.2. The molecule has 0 spiro atoms. The lowest BCUT2D eigenvalue weighted by atomic mass is 10.0. The quantitative estimate of drug-likeness (QED) is 0.880. The second-order valence-electron chi connectivity index (χ2n) is 4.77. The summed E-state index contributed by atoms with van der Waals surface area (Å²) in [5, 5.41) is 9.17. The number of aromatic carboxylic acids is 1. The van der Waals surface area contributed by atoms with Gasteiger partial charge < -0.3 is 9.67 Å². The van der Waals surface area contributed by atoms with E-state index in [0.717, 1.165) is 6.42 Å². The van der Waals surface area contributed by atoms with Gasteiger partial charge in [0.1, 0.15) is 5.69 Å². The Morgan fingerprint density at radius 3 is 2.83 bits per heavy atom. The van der Waals surface area contributed by atoms with E-state index >= 15 is 0 Å². The fourth-order valence-corrected chi connectivity index (χ4v) is 2.83. The first-order valence-corrected chi connectivity index (χ1v) is 6.02. The van der Waals surface area contributed by atoms with Gasteiger partial charge in [-0.05, 0) is 23.5 Å². The normalized spacial score (nSPS) is 21.8. The van der Waals surface area contributed by atoms with E-state index in [9.17, 15) is 4.79 Å². The van der Waals surface area contributed by atoms with Gasteiger partial charge in [-0.2, -0.15) is 0 Å². The number of nitrogens with zero attached hydrogens (tertiary/aromatic N) is 2. The van der Waals surface area contributed by atoms with Crippen molar-refractivity contribution < 1.29 is 9.90 Å². The number of rotatable bonds is 2. The fraction of sp³-hybridized carbons (Fsp3) is 0.286. The molecule has 0 saturated carbocycles. The third kappa shape index (κ3) is 1.53. The Morgan fingerprint density at radius 1 is 1.39 bits per heavy atom. The summed E-state index contributed by atoms with van der Waals surface area (Å²) in [5.41, 5.74) is 2.78. The average molecular weight is 242 g/mol. The molecule has 92 valence electrons. The topological polar surface area (TPSA) is 55.1 Å². The molecule has 2 aromatic rings. The molecule has 2 unspecified atom stereocenters. The summed E-state index contributed by atoms with van der Waals surface area (Å²) in [6.07, 6.45) is 3.95. The molecule has 1 aromatic heterocycles. The van der Waals surface area contributed by atoms with Gasteiger partial charge in [-0.3, -0.25) is 0 Å². The van der Waals surface area contributed by atoms with Crippen molar-refractivity contribution >= 4 is 5.97 Å². The largest absolute Gasteiger partial charge is 0.477 e. The summed E-state index contributed by atoms with van der Waals surface area (Å²) in [4.78, 5) is 15.1. The highest BCUT2D eigenvalue weighted by atomic mass is 16.4. The van der Waals surface area contributed by atoms with Gasteiger partial charge in [0.25, 0.3) is 0 Å². The third-order valence-corrected chi connectivity index (χ3v) is 3.68. The maximum Gasteiger partial charge on any atom is 0.354 e. The fourth-order valence-electron chi connectivity index (χ4n) is 2.83. The molecule has 2 atom stereocenters. The second kappa shape index (κ2) is 3.98. The molecule has 0 aliphatic heterocycles. The highest BCUT2D eigenvalue weighted by Crippen LogP contribution is 2.42. The Balaban J connectivity index is 2.10. The van der Waals surface area contributed by atoms with Crippen molar-refractivity contribution in [3.05, 3.63) is 53.6 Å². The van der Waals surface area contributed by atoms with Crippen LogP contribution in [-0.2, 0) is 0 Å². The number of hydrogen-bond donors (Lipinski definition) is 1. The van der Waals surface area contributed by atoms with Crippen molar-refractivity contribution in [1.82, 2.24) is 9.55 Å². The van der Waals surface area contributed by atoms with Crippen LogP contribution in [0.4, 0.5) is 0 Å². The number of benzene rings is 1. The molecule has 0 bridgehead atoms. The van der Waals surface area contributed by atoms with Crippen LogP contribution in [0.3, 0.4) is 0 Å². The highest BCUT2D eigenvalue weighted by molar-refractivity contribution is 5.85.